The van der Waals surface area contributed by atoms with Crippen LogP contribution in [0.2, 0.25) is 0 Å². The zero-order valence-electron chi connectivity index (χ0n) is 10.0. The van der Waals surface area contributed by atoms with E-state index >= 15 is 0 Å². The molecule has 96 valence electrons. The molecule has 1 saturated heterocycles. The second-order valence-corrected chi connectivity index (χ2v) is 5.56. The van der Waals surface area contributed by atoms with Crippen molar-refractivity contribution >= 4 is 27.8 Å². The van der Waals surface area contributed by atoms with Gasteiger partial charge in [-0.05, 0) is 18.2 Å². The molecule has 0 aromatic carbocycles. The lowest BCUT2D eigenvalue weighted by atomic mass is 10.2. The van der Waals surface area contributed by atoms with Gasteiger partial charge in [0.25, 0.3) is 0 Å². The predicted molar refractivity (Wildman–Crippen MR) is 74.9 cm³/mol. The topological polar surface area (TPSA) is 59.0 Å². The number of hydrogen-bond donors (Lipinski definition) is 0. The molecular formula is C13H11BrN4O. The average molecular weight is 319 g/mol. The van der Waals surface area contributed by atoms with Crippen molar-refractivity contribution in [1.82, 2.24) is 15.0 Å². The molecule has 2 aromatic rings. The van der Waals surface area contributed by atoms with Crippen molar-refractivity contribution in [3.05, 3.63) is 36.7 Å². The van der Waals surface area contributed by atoms with Gasteiger partial charge in [-0.15, -0.1) is 0 Å². The van der Waals surface area contributed by atoms with Gasteiger partial charge in [0, 0.05) is 30.2 Å². The lowest BCUT2D eigenvalue weighted by molar-refractivity contribution is -0.117. The molecule has 0 aliphatic carbocycles. The number of aromatic nitrogens is 3. The molecular weight excluding hydrogens is 308 g/mol. The van der Waals surface area contributed by atoms with E-state index in [1.165, 1.54) is 0 Å². The summed E-state index contributed by atoms with van der Waals surface area (Å²) in [6.45, 7) is 0.602. The van der Waals surface area contributed by atoms with Crippen LogP contribution in [-0.2, 0) is 4.79 Å². The number of amides is 1. The Morgan fingerprint density at radius 2 is 2.05 bits per heavy atom. The lowest BCUT2D eigenvalue weighted by Gasteiger charge is -2.13. The number of nitrogens with zero attached hydrogens (tertiary/aromatic N) is 4. The standard InChI is InChI=1S/C13H11BrN4O/c14-9-7-12(19)18(8-9)13-16-6-4-11(17-13)10-3-1-2-5-15-10/h1-6,9H,7-8H2. The van der Waals surface area contributed by atoms with Gasteiger partial charge in [-0.25, -0.2) is 9.97 Å². The maximum Gasteiger partial charge on any atom is 0.232 e. The third-order valence-electron chi connectivity index (χ3n) is 2.89. The molecule has 0 bridgehead atoms. The number of carbonyl (C=O) groups excluding carboxylic acids is 1. The normalized spacial score (nSPS) is 18.9. The van der Waals surface area contributed by atoms with Crippen molar-refractivity contribution in [3.63, 3.8) is 0 Å². The molecule has 6 heteroatoms. The zero-order chi connectivity index (χ0) is 13.2. The molecule has 1 fully saturated rings. The van der Waals surface area contributed by atoms with Crippen molar-refractivity contribution < 1.29 is 4.79 Å². The lowest BCUT2D eigenvalue weighted by Crippen LogP contribution is -2.26. The molecule has 3 heterocycles. The number of anilines is 1. The van der Waals surface area contributed by atoms with Crippen LogP contribution in [0.25, 0.3) is 11.4 Å². The number of hydrogen-bond acceptors (Lipinski definition) is 4. The van der Waals surface area contributed by atoms with Crippen LogP contribution in [0.3, 0.4) is 0 Å². The highest BCUT2D eigenvalue weighted by atomic mass is 79.9. The Kier molecular flexibility index (Phi) is 3.25. The number of halogens is 1. The Balaban J connectivity index is 1.95. The first-order valence-corrected chi connectivity index (χ1v) is 6.84. The van der Waals surface area contributed by atoms with Crippen molar-refractivity contribution in [2.24, 2.45) is 0 Å². The maximum absolute atomic E-state index is 11.8. The summed E-state index contributed by atoms with van der Waals surface area (Å²) in [4.78, 5) is 26.5. The smallest absolute Gasteiger partial charge is 0.232 e. The second-order valence-electron chi connectivity index (χ2n) is 4.26. The third-order valence-corrected chi connectivity index (χ3v) is 3.50. The molecule has 1 aliphatic rings. The Morgan fingerprint density at radius 1 is 1.16 bits per heavy atom. The van der Waals surface area contributed by atoms with Gasteiger partial charge < -0.3 is 0 Å². The Labute approximate surface area is 118 Å². The summed E-state index contributed by atoms with van der Waals surface area (Å²) in [5.41, 5.74) is 1.49. The summed E-state index contributed by atoms with van der Waals surface area (Å²) in [5, 5.41) is 0. The van der Waals surface area contributed by atoms with Crippen LogP contribution < -0.4 is 4.90 Å². The molecule has 19 heavy (non-hydrogen) atoms. The number of pyridine rings is 1. The predicted octanol–water partition coefficient (Wildman–Crippen LogP) is 2.04. The molecule has 0 spiro atoms. The van der Waals surface area contributed by atoms with Gasteiger partial charge in [0.2, 0.25) is 11.9 Å². The van der Waals surface area contributed by atoms with E-state index in [0.29, 0.717) is 18.9 Å². The molecule has 3 rings (SSSR count). The zero-order valence-corrected chi connectivity index (χ0v) is 11.6. The van der Waals surface area contributed by atoms with Crippen molar-refractivity contribution in [1.29, 1.82) is 0 Å². The Hall–Kier alpha value is -1.82. The molecule has 5 nitrogen and oxygen atoms in total. The fourth-order valence-corrected chi connectivity index (χ4v) is 2.56. The quantitative estimate of drug-likeness (QED) is 0.795. The van der Waals surface area contributed by atoms with Crippen molar-refractivity contribution in [3.8, 4) is 11.4 Å². The van der Waals surface area contributed by atoms with Crippen LogP contribution >= 0.6 is 15.9 Å². The monoisotopic (exact) mass is 318 g/mol. The first-order chi connectivity index (χ1) is 9.24. The highest BCUT2D eigenvalue weighted by Gasteiger charge is 2.30. The molecule has 0 saturated carbocycles. The highest BCUT2D eigenvalue weighted by molar-refractivity contribution is 9.09. The molecule has 0 radical (unpaired) electrons. The minimum atomic E-state index is 0.0417. The summed E-state index contributed by atoms with van der Waals surface area (Å²) in [5.74, 6) is 0.482. The highest BCUT2D eigenvalue weighted by Crippen LogP contribution is 2.23. The van der Waals surface area contributed by atoms with Crippen LogP contribution in [0.15, 0.2) is 36.7 Å². The minimum absolute atomic E-state index is 0.0417. The van der Waals surface area contributed by atoms with Crippen LogP contribution in [0.4, 0.5) is 5.95 Å². The fraction of sp³-hybridized carbons (Fsp3) is 0.231. The van der Waals surface area contributed by atoms with Gasteiger partial charge in [-0.1, -0.05) is 22.0 Å². The summed E-state index contributed by atoms with van der Waals surface area (Å²) in [6, 6.07) is 7.42. The Morgan fingerprint density at radius 3 is 2.74 bits per heavy atom. The average Bonchev–Trinajstić information content (AvgIpc) is 2.79. The van der Waals surface area contributed by atoms with Gasteiger partial charge >= 0.3 is 0 Å². The number of alkyl halides is 1. The van der Waals surface area contributed by atoms with Crippen molar-refractivity contribution in [2.45, 2.75) is 11.2 Å². The van der Waals surface area contributed by atoms with E-state index in [2.05, 4.69) is 30.9 Å². The minimum Gasteiger partial charge on any atom is -0.280 e. The molecule has 0 N–H and O–H groups in total. The molecule has 2 aromatic heterocycles. The molecule has 1 aliphatic heterocycles. The number of rotatable bonds is 2. The van der Waals surface area contributed by atoms with Gasteiger partial charge in [0.05, 0.1) is 11.4 Å². The third kappa shape index (κ3) is 2.49. The Bertz CT molecular complexity index is 605. The fourth-order valence-electron chi connectivity index (χ4n) is 1.99. The SMILES string of the molecule is O=C1CC(Br)CN1c1nccc(-c2ccccn2)n1. The van der Waals surface area contributed by atoms with Crippen molar-refractivity contribution in [2.75, 3.05) is 11.4 Å². The summed E-state index contributed by atoms with van der Waals surface area (Å²) in [6.07, 6.45) is 3.85. The van der Waals surface area contributed by atoms with E-state index in [1.54, 1.807) is 23.4 Å². The van der Waals surface area contributed by atoms with Crippen LogP contribution in [0, 0.1) is 0 Å². The molecule has 1 unspecified atom stereocenters. The maximum atomic E-state index is 11.8. The summed E-state index contributed by atoms with van der Waals surface area (Å²) < 4.78 is 0. The van der Waals surface area contributed by atoms with E-state index in [1.807, 2.05) is 18.2 Å². The van der Waals surface area contributed by atoms with E-state index < -0.39 is 0 Å². The second kappa shape index (κ2) is 5.05. The number of carbonyl (C=O) groups is 1. The van der Waals surface area contributed by atoms with E-state index in [4.69, 9.17) is 0 Å². The first kappa shape index (κ1) is 12.2. The van der Waals surface area contributed by atoms with E-state index in [-0.39, 0.29) is 10.7 Å². The van der Waals surface area contributed by atoms with Gasteiger partial charge in [-0.2, -0.15) is 0 Å². The van der Waals surface area contributed by atoms with Gasteiger partial charge in [0.1, 0.15) is 0 Å². The molecule has 1 amide bonds. The largest absolute Gasteiger partial charge is 0.280 e. The van der Waals surface area contributed by atoms with E-state index in [9.17, 15) is 4.79 Å². The molecule has 1 atom stereocenters. The van der Waals surface area contributed by atoms with Crippen LogP contribution in [0.1, 0.15) is 6.42 Å². The first-order valence-electron chi connectivity index (χ1n) is 5.93. The van der Waals surface area contributed by atoms with E-state index in [0.717, 1.165) is 11.4 Å². The summed E-state index contributed by atoms with van der Waals surface area (Å²) in [7, 11) is 0. The van der Waals surface area contributed by atoms with Crippen LogP contribution in [-0.4, -0.2) is 32.2 Å². The van der Waals surface area contributed by atoms with Gasteiger partial charge in [-0.3, -0.25) is 14.7 Å². The van der Waals surface area contributed by atoms with Crippen LogP contribution in [0.5, 0.6) is 0 Å². The summed E-state index contributed by atoms with van der Waals surface area (Å²) >= 11 is 3.45. The van der Waals surface area contributed by atoms with Gasteiger partial charge in [0.15, 0.2) is 0 Å².